The fraction of sp³-hybridized carbons (Fsp3) is 0.111. The zero-order chi connectivity index (χ0) is 10.1. The van der Waals surface area contributed by atoms with Gasteiger partial charge in [-0.25, -0.2) is 9.49 Å². The van der Waals surface area contributed by atoms with Crippen molar-refractivity contribution in [1.29, 1.82) is 0 Å². The van der Waals surface area contributed by atoms with Crippen LogP contribution >= 0.6 is 11.3 Å². The van der Waals surface area contributed by atoms with Crippen molar-refractivity contribution in [3.8, 4) is 10.6 Å². The molecule has 1 N–H and O–H groups in total. The van der Waals surface area contributed by atoms with E-state index in [4.69, 9.17) is 0 Å². The Labute approximate surface area is 83.2 Å². The van der Waals surface area contributed by atoms with Gasteiger partial charge in [0.15, 0.2) is 0 Å². The number of hydrogen-bond acceptors (Lipinski definition) is 3. The van der Waals surface area contributed by atoms with Crippen molar-refractivity contribution in [2.45, 2.75) is 6.92 Å². The van der Waals surface area contributed by atoms with Crippen LogP contribution in [0.5, 0.6) is 0 Å². The quantitative estimate of drug-likeness (QED) is 0.781. The Kier molecular flexibility index (Phi) is 2.17. The number of aromatic amines is 1. The third kappa shape index (κ3) is 1.58. The first-order chi connectivity index (χ1) is 6.66. The standard InChI is InChI=1S/C9H7FN2OS/c1-5-4-6(2-3-7(5)10)8-11-12-9(13)14-8/h2-4H,1H3,(H,12,13). The fourth-order valence-corrected chi connectivity index (χ4v) is 1.73. The molecule has 0 radical (unpaired) electrons. The highest BCUT2D eigenvalue weighted by Crippen LogP contribution is 2.20. The zero-order valence-electron chi connectivity index (χ0n) is 7.37. The predicted octanol–water partition coefficient (Wildman–Crippen LogP) is 1.95. The number of rotatable bonds is 1. The molecule has 0 unspecified atom stereocenters. The lowest BCUT2D eigenvalue weighted by Crippen LogP contribution is -1.90. The molecule has 0 aliphatic rings. The van der Waals surface area contributed by atoms with Crippen molar-refractivity contribution in [1.82, 2.24) is 10.2 Å². The van der Waals surface area contributed by atoms with Crippen molar-refractivity contribution in [3.05, 3.63) is 39.2 Å². The van der Waals surface area contributed by atoms with Gasteiger partial charge in [0, 0.05) is 5.56 Å². The van der Waals surface area contributed by atoms with Gasteiger partial charge < -0.3 is 0 Å². The molecule has 0 aliphatic heterocycles. The summed E-state index contributed by atoms with van der Waals surface area (Å²) in [4.78, 5) is 10.6. The van der Waals surface area contributed by atoms with E-state index >= 15 is 0 Å². The highest BCUT2D eigenvalue weighted by Gasteiger charge is 2.05. The lowest BCUT2D eigenvalue weighted by molar-refractivity contribution is 0.619. The molecule has 0 amide bonds. The Balaban J connectivity index is 2.52. The maximum absolute atomic E-state index is 12.9. The number of nitrogens with one attached hydrogen (secondary N) is 1. The summed E-state index contributed by atoms with van der Waals surface area (Å²) in [6.07, 6.45) is 0. The number of halogens is 1. The summed E-state index contributed by atoms with van der Waals surface area (Å²) >= 11 is 1.01. The van der Waals surface area contributed by atoms with Crippen LogP contribution in [0.25, 0.3) is 10.6 Å². The lowest BCUT2D eigenvalue weighted by Gasteiger charge is -1.98. The average molecular weight is 210 g/mol. The molecule has 3 nitrogen and oxygen atoms in total. The molecule has 0 saturated carbocycles. The molecule has 72 valence electrons. The van der Waals surface area contributed by atoms with E-state index in [2.05, 4.69) is 10.2 Å². The van der Waals surface area contributed by atoms with Gasteiger partial charge in [0.25, 0.3) is 0 Å². The maximum atomic E-state index is 12.9. The maximum Gasteiger partial charge on any atom is 0.322 e. The van der Waals surface area contributed by atoms with E-state index in [1.807, 2.05) is 0 Å². The summed E-state index contributed by atoms with van der Waals surface area (Å²) in [5, 5.41) is 6.72. The first-order valence-corrected chi connectivity index (χ1v) is 4.80. The minimum absolute atomic E-state index is 0.207. The van der Waals surface area contributed by atoms with Crippen LogP contribution in [0, 0.1) is 12.7 Å². The molecule has 14 heavy (non-hydrogen) atoms. The van der Waals surface area contributed by atoms with Gasteiger partial charge in [-0.1, -0.05) is 11.3 Å². The molecule has 5 heteroatoms. The number of aryl methyl sites for hydroxylation is 1. The fourth-order valence-electron chi connectivity index (χ4n) is 1.13. The van der Waals surface area contributed by atoms with E-state index in [9.17, 15) is 9.18 Å². The Hall–Kier alpha value is -1.49. The molecule has 1 aromatic heterocycles. The Morgan fingerprint density at radius 3 is 2.86 bits per heavy atom. The molecule has 0 atom stereocenters. The predicted molar refractivity (Wildman–Crippen MR) is 52.9 cm³/mol. The summed E-state index contributed by atoms with van der Waals surface area (Å²) in [5.74, 6) is -0.253. The molecular formula is C9H7FN2OS. The second-order valence-corrected chi connectivity index (χ2v) is 3.84. The van der Waals surface area contributed by atoms with Gasteiger partial charge in [0.05, 0.1) is 0 Å². The molecule has 0 fully saturated rings. The van der Waals surface area contributed by atoms with Gasteiger partial charge in [0.1, 0.15) is 10.8 Å². The number of benzene rings is 1. The largest absolute Gasteiger partial charge is 0.322 e. The van der Waals surface area contributed by atoms with Crippen LogP contribution in [0.4, 0.5) is 4.39 Å². The van der Waals surface area contributed by atoms with Crippen LogP contribution in [0.2, 0.25) is 0 Å². The number of hydrogen-bond donors (Lipinski definition) is 1. The SMILES string of the molecule is Cc1cc(-c2n[nH]c(=O)s2)ccc1F. The van der Waals surface area contributed by atoms with Crippen LogP contribution in [0.3, 0.4) is 0 Å². The molecule has 1 heterocycles. The topological polar surface area (TPSA) is 45.8 Å². The summed E-state index contributed by atoms with van der Waals surface area (Å²) in [5.41, 5.74) is 1.30. The highest BCUT2D eigenvalue weighted by molar-refractivity contribution is 7.12. The van der Waals surface area contributed by atoms with Crippen LogP contribution in [0.15, 0.2) is 23.0 Å². The van der Waals surface area contributed by atoms with Crippen LogP contribution in [-0.4, -0.2) is 10.2 Å². The molecule has 0 saturated heterocycles. The van der Waals surface area contributed by atoms with Gasteiger partial charge in [-0.2, -0.15) is 5.10 Å². The second-order valence-electron chi connectivity index (χ2n) is 2.88. The Morgan fingerprint density at radius 1 is 1.50 bits per heavy atom. The summed E-state index contributed by atoms with van der Waals surface area (Å²) in [6.45, 7) is 1.67. The third-order valence-electron chi connectivity index (χ3n) is 1.84. The van der Waals surface area contributed by atoms with Gasteiger partial charge in [-0.05, 0) is 30.7 Å². The first kappa shape index (κ1) is 9.08. The summed E-state index contributed by atoms with van der Waals surface area (Å²) in [7, 11) is 0. The smallest absolute Gasteiger partial charge is 0.255 e. The Bertz CT molecular complexity index is 518. The van der Waals surface area contributed by atoms with Crippen LogP contribution < -0.4 is 4.87 Å². The summed E-state index contributed by atoms with van der Waals surface area (Å²) in [6, 6.07) is 4.65. The monoisotopic (exact) mass is 210 g/mol. The number of aromatic nitrogens is 2. The van der Waals surface area contributed by atoms with E-state index in [1.165, 1.54) is 6.07 Å². The van der Waals surface area contributed by atoms with Crippen LogP contribution in [0.1, 0.15) is 5.56 Å². The first-order valence-electron chi connectivity index (χ1n) is 3.99. The Morgan fingerprint density at radius 2 is 2.29 bits per heavy atom. The van der Waals surface area contributed by atoms with Crippen LogP contribution in [-0.2, 0) is 0 Å². The van der Waals surface area contributed by atoms with Crippen molar-refractivity contribution < 1.29 is 4.39 Å². The lowest BCUT2D eigenvalue weighted by atomic mass is 10.1. The molecule has 0 bridgehead atoms. The summed E-state index contributed by atoms with van der Waals surface area (Å²) < 4.78 is 12.9. The van der Waals surface area contributed by atoms with Gasteiger partial charge >= 0.3 is 4.87 Å². The molecule has 0 aliphatic carbocycles. The van der Waals surface area contributed by atoms with E-state index in [1.54, 1.807) is 19.1 Å². The normalized spacial score (nSPS) is 10.4. The minimum Gasteiger partial charge on any atom is -0.255 e. The van der Waals surface area contributed by atoms with E-state index in [0.29, 0.717) is 10.6 Å². The van der Waals surface area contributed by atoms with Gasteiger partial charge in [-0.3, -0.25) is 4.79 Å². The van der Waals surface area contributed by atoms with Gasteiger partial charge in [0.2, 0.25) is 0 Å². The molecule has 2 rings (SSSR count). The molecule has 1 aromatic carbocycles. The second kappa shape index (κ2) is 3.34. The average Bonchev–Trinajstić information content (AvgIpc) is 2.57. The van der Waals surface area contributed by atoms with Crippen molar-refractivity contribution >= 4 is 11.3 Å². The van der Waals surface area contributed by atoms with E-state index < -0.39 is 0 Å². The van der Waals surface area contributed by atoms with E-state index in [0.717, 1.165) is 16.9 Å². The zero-order valence-corrected chi connectivity index (χ0v) is 8.19. The number of nitrogens with zero attached hydrogens (tertiary/aromatic N) is 1. The van der Waals surface area contributed by atoms with Gasteiger partial charge in [-0.15, -0.1) is 0 Å². The minimum atomic E-state index is -0.253. The van der Waals surface area contributed by atoms with Crippen molar-refractivity contribution in [2.75, 3.05) is 0 Å². The van der Waals surface area contributed by atoms with Crippen molar-refractivity contribution in [3.63, 3.8) is 0 Å². The molecule has 0 spiro atoms. The highest BCUT2D eigenvalue weighted by atomic mass is 32.1. The molecule has 2 aromatic rings. The third-order valence-corrected chi connectivity index (χ3v) is 2.64. The number of H-pyrrole nitrogens is 1. The van der Waals surface area contributed by atoms with E-state index in [-0.39, 0.29) is 10.7 Å². The van der Waals surface area contributed by atoms with Crippen molar-refractivity contribution in [2.24, 2.45) is 0 Å². The molecular weight excluding hydrogens is 203 g/mol.